The minimum atomic E-state index is -3.68. The maximum absolute atomic E-state index is 12.3. The number of thiophene rings is 1. The summed E-state index contributed by atoms with van der Waals surface area (Å²) in [4.78, 5) is 11.3. The van der Waals surface area contributed by atoms with Crippen LogP contribution in [0.15, 0.2) is 16.3 Å². The topological polar surface area (TPSA) is 98.5 Å². The SMILES string of the molecule is N#Cc1ccc(S(=O)(=O)N2CCCC(C(=O)O)C2)s1. The predicted octanol–water partition coefficient (Wildman–Crippen LogP) is 1.11. The Labute approximate surface area is 114 Å². The van der Waals surface area contributed by atoms with Crippen LogP contribution in [-0.2, 0) is 14.8 Å². The zero-order chi connectivity index (χ0) is 14.0. The normalized spacial score (nSPS) is 20.9. The third kappa shape index (κ3) is 2.78. The van der Waals surface area contributed by atoms with Crippen molar-refractivity contribution >= 4 is 27.3 Å². The lowest BCUT2D eigenvalue weighted by atomic mass is 10.0. The monoisotopic (exact) mass is 300 g/mol. The third-order valence-corrected chi connectivity index (χ3v) is 6.34. The van der Waals surface area contributed by atoms with E-state index in [1.807, 2.05) is 6.07 Å². The Bertz CT molecular complexity index is 629. The Morgan fingerprint density at radius 3 is 2.84 bits per heavy atom. The molecule has 0 aromatic carbocycles. The molecule has 1 unspecified atom stereocenters. The molecular formula is C11H12N2O4S2. The molecule has 1 fully saturated rings. The Morgan fingerprint density at radius 2 is 2.26 bits per heavy atom. The van der Waals surface area contributed by atoms with Gasteiger partial charge in [-0.1, -0.05) is 0 Å². The van der Waals surface area contributed by atoms with Crippen molar-refractivity contribution in [2.24, 2.45) is 5.92 Å². The molecule has 1 saturated heterocycles. The molecular weight excluding hydrogens is 288 g/mol. The lowest BCUT2D eigenvalue weighted by Gasteiger charge is -2.29. The van der Waals surface area contributed by atoms with Crippen LogP contribution in [0.5, 0.6) is 0 Å². The Morgan fingerprint density at radius 1 is 1.53 bits per heavy atom. The van der Waals surface area contributed by atoms with Crippen LogP contribution >= 0.6 is 11.3 Å². The van der Waals surface area contributed by atoms with Crippen molar-refractivity contribution < 1.29 is 18.3 Å². The summed E-state index contributed by atoms with van der Waals surface area (Å²) < 4.78 is 25.9. The van der Waals surface area contributed by atoms with E-state index in [1.165, 1.54) is 16.4 Å². The van der Waals surface area contributed by atoms with Crippen LogP contribution in [0.25, 0.3) is 0 Å². The fourth-order valence-electron chi connectivity index (χ4n) is 2.01. The maximum atomic E-state index is 12.3. The van der Waals surface area contributed by atoms with Gasteiger partial charge < -0.3 is 5.11 Å². The lowest BCUT2D eigenvalue weighted by Crippen LogP contribution is -2.41. The molecule has 2 heterocycles. The summed E-state index contributed by atoms with van der Waals surface area (Å²) in [6, 6.07) is 4.74. The molecule has 0 bridgehead atoms. The minimum Gasteiger partial charge on any atom is -0.481 e. The van der Waals surface area contributed by atoms with Gasteiger partial charge in [0.1, 0.15) is 15.2 Å². The van der Waals surface area contributed by atoms with Gasteiger partial charge in [0.25, 0.3) is 10.0 Å². The first-order valence-corrected chi connectivity index (χ1v) is 7.93. The van der Waals surface area contributed by atoms with Gasteiger partial charge in [-0.15, -0.1) is 11.3 Å². The highest BCUT2D eigenvalue weighted by Gasteiger charge is 2.33. The zero-order valence-corrected chi connectivity index (χ0v) is 11.6. The minimum absolute atomic E-state index is 0.00253. The van der Waals surface area contributed by atoms with E-state index >= 15 is 0 Å². The molecule has 0 aliphatic carbocycles. The van der Waals surface area contributed by atoms with E-state index in [-0.39, 0.29) is 10.8 Å². The standard InChI is InChI=1S/C11H12N2O4S2/c12-6-9-3-4-10(18-9)19(16,17)13-5-1-2-8(7-13)11(14)15/h3-4,8H,1-2,5,7H2,(H,14,15). The van der Waals surface area contributed by atoms with Gasteiger partial charge in [-0.2, -0.15) is 9.57 Å². The Hall–Kier alpha value is -1.43. The van der Waals surface area contributed by atoms with Crippen molar-refractivity contribution in [3.8, 4) is 6.07 Å². The summed E-state index contributed by atoms with van der Waals surface area (Å²) in [6.07, 6.45) is 1.03. The van der Waals surface area contributed by atoms with Gasteiger partial charge in [0.15, 0.2) is 0 Å². The number of piperidine rings is 1. The van der Waals surface area contributed by atoms with Gasteiger partial charge in [0, 0.05) is 13.1 Å². The van der Waals surface area contributed by atoms with E-state index in [2.05, 4.69) is 0 Å². The summed E-state index contributed by atoms with van der Waals surface area (Å²) in [7, 11) is -3.68. The van der Waals surface area contributed by atoms with Gasteiger partial charge in [0.2, 0.25) is 0 Å². The first-order valence-electron chi connectivity index (χ1n) is 5.68. The summed E-state index contributed by atoms with van der Waals surface area (Å²) >= 11 is 0.905. The highest BCUT2D eigenvalue weighted by Crippen LogP contribution is 2.28. The van der Waals surface area contributed by atoms with Crippen molar-refractivity contribution in [2.45, 2.75) is 17.1 Å². The summed E-state index contributed by atoms with van der Waals surface area (Å²) in [5.74, 6) is -1.62. The van der Waals surface area contributed by atoms with E-state index in [9.17, 15) is 13.2 Å². The molecule has 1 N–H and O–H groups in total. The number of rotatable bonds is 3. The zero-order valence-electron chi connectivity index (χ0n) is 9.94. The molecule has 0 radical (unpaired) electrons. The van der Waals surface area contributed by atoms with Gasteiger partial charge >= 0.3 is 5.97 Å². The van der Waals surface area contributed by atoms with Crippen LogP contribution in [-0.4, -0.2) is 36.9 Å². The van der Waals surface area contributed by atoms with E-state index in [1.54, 1.807) is 0 Å². The smallest absolute Gasteiger partial charge is 0.307 e. The van der Waals surface area contributed by atoms with Crippen molar-refractivity contribution in [3.05, 3.63) is 17.0 Å². The molecule has 0 spiro atoms. The van der Waals surface area contributed by atoms with Gasteiger partial charge in [-0.25, -0.2) is 8.42 Å². The van der Waals surface area contributed by atoms with Crippen LogP contribution in [0.3, 0.4) is 0 Å². The number of hydrogen-bond acceptors (Lipinski definition) is 5. The van der Waals surface area contributed by atoms with Crippen LogP contribution in [0.4, 0.5) is 0 Å². The van der Waals surface area contributed by atoms with E-state index in [0.29, 0.717) is 24.3 Å². The number of hydrogen-bond donors (Lipinski definition) is 1. The summed E-state index contributed by atoms with van der Waals surface area (Å²) in [5, 5.41) is 17.7. The maximum Gasteiger partial charge on any atom is 0.307 e. The number of carbonyl (C=O) groups is 1. The van der Waals surface area contributed by atoms with Gasteiger partial charge in [-0.3, -0.25) is 4.79 Å². The molecule has 19 heavy (non-hydrogen) atoms. The molecule has 1 aliphatic heterocycles. The highest BCUT2D eigenvalue weighted by atomic mass is 32.2. The molecule has 102 valence electrons. The van der Waals surface area contributed by atoms with Crippen molar-refractivity contribution in [1.82, 2.24) is 4.31 Å². The fraction of sp³-hybridized carbons (Fsp3) is 0.455. The largest absolute Gasteiger partial charge is 0.481 e. The van der Waals surface area contributed by atoms with Crippen LogP contribution in [0.1, 0.15) is 17.7 Å². The molecule has 0 amide bonds. The Kier molecular flexibility index (Phi) is 3.89. The molecule has 1 aliphatic rings. The third-order valence-electron chi connectivity index (χ3n) is 3.02. The number of aliphatic carboxylic acids is 1. The van der Waals surface area contributed by atoms with E-state index < -0.39 is 21.9 Å². The quantitative estimate of drug-likeness (QED) is 0.901. The predicted molar refractivity (Wildman–Crippen MR) is 68.2 cm³/mol. The molecule has 6 nitrogen and oxygen atoms in total. The number of carboxylic acids is 1. The van der Waals surface area contributed by atoms with Crippen molar-refractivity contribution in [1.29, 1.82) is 5.26 Å². The van der Waals surface area contributed by atoms with E-state index in [4.69, 9.17) is 10.4 Å². The van der Waals surface area contributed by atoms with Crippen LogP contribution in [0, 0.1) is 17.2 Å². The van der Waals surface area contributed by atoms with E-state index in [0.717, 1.165) is 11.3 Å². The van der Waals surface area contributed by atoms with Gasteiger partial charge in [0.05, 0.1) is 5.92 Å². The van der Waals surface area contributed by atoms with Crippen LogP contribution in [0.2, 0.25) is 0 Å². The molecule has 2 rings (SSSR count). The first kappa shape index (κ1) is 14.0. The second kappa shape index (κ2) is 5.28. The summed E-state index contributed by atoms with van der Waals surface area (Å²) in [5.41, 5.74) is 0. The summed E-state index contributed by atoms with van der Waals surface area (Å²) in [6.45, 7) is 0.323. The molecule has 8 heteroatoms. The average Bonchev–Trinajstić information content (AvgIpc) is 2.88. The van der Waals surface area contributed by atoms with Gasteiger partial charge in [-0.05, 0) is 25.0 Å². The number of carboxylic acid groups (broad SMARTS) is 1. The molecule has 1 atom stereocenters. The molecule has 0 saturated carbocycles. The molecule has 1 aromatic heterocycles. The fourth-order valence-corrected chi connectivity index (χ4v) is 4.79. The van der Waals surface area contributed by atoms with Crippen molar-refractivity contribution in [3.63, 3.8) is 0 Å². The second-order valence-corrected chi connectivity index (χ2v) is 7.52. The number of nitriles is 1. The van der Waals surface area contributed by atoms with Crippen LogP contribution < -0.4 is 0 Å². The highest BCUT2D eigenvalue weighted by molar-refractivity contribution is 7.91. The number of sulfonamides is 1. The Balaban J connectivity index is 2.24. The number of nitrogens with zero attached hydrogens (tertiary/aromatic N) is 2. The average molecular weight is 300 g/mol. The lowest BCUT2D eigenvalue weighted by molar-refractivity contribution is -0.142. The second-order valence-electron chi connectivity index (χ2n) is 4.27. The van der Waals surface area contributed by atoms with Crippen molar-refractivity contribution in [2.75, 3.05) is 13.1 Å². The first-order chi connectivity index (χ1) is 8.95. The molecule has 1 aromatic rings.